The van der Waals surface area contributed by atoms with Gasteiger partial charge in [0.1, 0.15) is 18.1 Å². The predicted molar refractivity (Wildman–Crippen MR) is 68.8 cm³/mol. The number of hydrogen-bond donors (Lipinski definition) is 3. The molecule has 0 saturated carbocycles. The second-order valence-electron chi connectivity index (χ2n) is 3.87. The van der Waals surface area contributed by atoms with Crippen LogP contribution in [0.1, 0.15) is 12.5 Å². The minimum atomic E-state index is -1.21. The third-order valence-corrected chi connectivity index (χ3v) is 2.14. The molecular weight excluding hydrogens is 267 g/mol. The second-order valence-corrected chi connectivity index (χ2v) is 3.87. The molecule has 0 aliphatic rings. The minimum absolute atomic E-state index is 0.120. The monoisotopic (exact) mass is 280 g/mol. The van der Waals surface area contributed by atoms with Gasteiger partial charge in [0.05, 0.1) is 0 Å². The molecule has 0 heterocycles. The number of carbonyl (C=O) groups excluding carboxylic acids is 2. The van der Waals surface area contributed by atoms with Crippen molar-refractivity contribution < 1.29 is 23.9 Å². The SMILES string of the molecule is CC(=O)N/C(=C\c1ccc(F)cc1)C(=O)NCC(=O)O. The van der Waals surface area contributed by atoms with Gasteiger partial charge in [-0.3, -0.25) is 14.4 Å². The van der Waals surface area contributed by atoms with Gasteiger partial charge in [0.15, 0.2) is 0 Å². The van der Waals surface area contributed by atoms with Crippen LogP contribution < -0.4 is 10.6 Å². The van der Waals surface area contributed by atoms with E-state index in [1.54, 1.807) is 0 Å². The van der Waals surface area contributed by atoms with E-state index in [0.717, 1.165) is 0 Å². The summed E-state index contributed by atoms with van der Waals surface area (Å²) >= 11 is 0. The highest BCUT2D eigenvalue weighted by atomic mass is 19.1. The standard InChI is InChI=1S/C13H13FN2O4/c1-8(17)16-11(13(20)15-7-12(18)19)6-9-2-4-10(14)5-3-9/h2-6H,7H2,1H3,(H,15,20)(H,16,17)(H,18,19)/b11-6-. The average molecular weight is 280 g/mol. The molecule has 0 aliphatic carbocycles. The summed E-state index contributed by atoms with van der Waals surface area (Å²) in [7, 11) is 0. The van der Waals surface area contributed by atoms with Crippen molar-refractivity contribution in [3.8, 4) is 0 Å². The molecule has 3 N–H and O–H groups in total. The molecule has 6 nitrogen and oxygen atoms in total. The van der Waals surface area contributed by atoms with Crippen LogP contribution in [0.4, 0.5) is 4.39 Å². The molecule has 0 fully saturated rings. The highest BCUT2D eigenvalue weighted by molar-refractivity contribution is 6.01. The fourth-order valence-corrected chi connectivity index (χ4v) is 1.32. The predicted octanol–water partition coefficient (Wildman–Crippen LogP) is 0.503. The first-order valence-electron chi connectivity index (χ1n) is 5.63. The maximum atomic E-state index is 12.8. The van der Waals surface area contributed by atoms with Crippen LogP contribution in [-0.2, 0) is 14.4 Å². The zero-order valence-electron chi connectivity index (χ0n) is 10.6. The summed E-state index contributed by atoms with van der Waals surface area (Å²) in [5.74, 6) is -2.86. The number of carboxylic acid groups (broad SMARTS) is 1. The summed E-state index contributed by atoms with van der Waals surface area (Å²) in [6.45, 7) is 0.641. The molecule has 0 bridgehead atoms. The molecule has 2 amide bonds. The van der Waals surface area contributed by atoms with Crippen molar-refractivity contribution in [1.82, 2.24) is 10.6 Å². The number of amides is 2. The zero-order chi connectivity index (χ0) is 15.1. The Bertz CT molecular complexity index is 552. The summed E-state index contributed by atoms with van der Waals surface area (Å²) in [5, 5.41) is 12.9. The lowest BCUT2D eigenvalue weighted by Gasteiger charge is -2.08. The molecule has 1 rings (SSSR count). The first-order valence-corrected chi connectivity index (χ1v) is 5.63. The summed E-state index contributed by atoms with van der Waals surface area (Å²) in [6, 6.07) is 5.24. The van der Waals surface area contributed by atoms with Crippen molar-refractivity contribution in [3.05, 3.63) is 41.3 Å². The maximum Gasteiger partial charge on any atom is 0.322 e. The second kappa shape index (κ2) is 7.03. The molecule has 0 spiro atoms. The highest BCUT2D eigenvalue weighted by Gasteiger charge is 2.12. The summed E-state index contributed by atoms with van der Waals surface area (Å²) < 4.78 is 12.8. The smallest absolute Gasteiger partial charge is 0.322 e. The van der Waals surface area contributed by atoms with Crippen molar-refractivity contribution in [2.75, 3.05) is 6.54 Å². The number of benzene rings is 1. The molecule has 0 aliphatic heterocycles. The zero-order valence-corrected chi connectivity index (χ0v) is 10.6. The summed E-state index contributed by atoms with van der Waals surface area (Å²) in [6.07, 6.45) is 1.32. The van der Waals surface area contributed by atoms with E-state index in [2.05, 4.69) is 10.6 Å². The molecule has 0 unspecified atom stereocenters. The van der Waals surface area contributed by atoms with Crippen molar-refractivity contribution in [1.29, 1.82) is 0 Å². The Kier molecular flexibility index (Phi) is 5.40. The molecule has 0 saturated heterocycles. The molecular formula is C13H13FN2O4. The Labute approximate surface area is 114 Å². The first kappa shape index (κ1) is 15.4. The van der Waals surface area contributed by atoms with Gasteiger partial charge in [-0.15, -0.1) is 0 Å². The van der Waals surface area contributed by atoms with Gasteiger partial charge in [-0.1, -0.05) is 12.1 Å². The van der Waals surface area contributed by atoms with E-state index in [0.29, 0.717) is 5.56 Å². The van der Waals surface area contributed by atoms with E-state index in [9.17, 15) is 18.8 Å². The third-order valence-electron chi connectivity index (χ3n) is 2.14. The van der Waals surface area contributed by atoms with Crippen molar-refractivity contribution in [2.24, 2.45) is 0 Å². The lowest BCUT2D eigenvalue weighted by atomic mass is 10.2. The molecule has 20 heavy (non-hydrogen) atoms. The molecule has 0 aromatic heterocycles. The Balaban J connectivity index is 2.92. The highest BCUT2D eigenvalue weighted by Crippen LogP contribution is 2.07. The van der Waals surface area contributed by atoms with Gasteiger partial charge in [0, 0.05) is 6.92 Å². The van der Waals surface area contributed by atoms with Gasteiger partial charge in [-0.25, -0.2) is 4.39 Å². The number of aliphatic carboxylic acids is 1. The number of rotatable bonds is 5. The topological polar surface area (TPSA) is 95.5 Å². The van der Waals surface area contributed by atoms with Gasteiger partial charge in [-0.05, 0) is 23.8 Å². The van der Waals surface area contributed by atoms with E-state index >= 15 is 0 Å². The Morgan fingerprint density at radius 2 is 1.85 bits per heavy atom. The van der Waals surface area contributed by atoms with Gasteiger partial charge < -0.3 is 15.7 Å². The van der Waals surface area contributed by atoms with E-state index in [-0.39, 0.29) is 5.70 Å². The van der Waals surface area contributed by atoms with Crippen LogP contribution in [0.25, 0.3) is 6.08 Å². The molecule has 7 heteroatoms. The van der Waals surface area contributed by atoms with E-state index in [4.69, 9.17) is 5.11 Å². The Morgan fingerprint density at radius 1 is 1.25 bits per heavy atom. The number of hydrogen-bond acceptors (Lipinski definition) is 3. The van der Waals surface area contributed by atoms with E-state index < -0.39 is 30.1 Å². The van der Waals surface area contributed by atoms with Crippen LogP contribution in [0.2, 0.25) is 0 Å². The normalized spacial score (nSPS) is 10.8. The largest absolute Gasteiger partial charge is 0.480 e. The average Bonchev–Trinajstić information content (AvgIpc) is 2.37. The van der Waals surface area contributed by atoms with Crippen molar-refractivity contribution >= 4 is 23.9 Å². The number of carboxylic acids is 1. The lowest BCUT2D eigenvalue weighted by molar-refractivity contribution is -0.137. The number of nitrogens with one attached hydrogen (secondary N) is 2. The number of carbonyl (C=O) groups is 3. The van der Waals surface area contributed by atoms with Crippen molar-refractivity contribution in [2.45, 2.75) is 6.92 Å². The van der Waals surface area contributed by atoms with E-state index in [1.165, 1.54) is 37.3 Å². The van der Waals surface area contributed by atoms with Gasteiger partial charge in [0.25, 0.3) is 5.91 Å². The Hall–Kier alpha value is -2.70. The third kappa shape index (κ3) is 5.30. The van der Waals surface area contributed by atoms with Crippen LogP contribution in [0, 0.1) is 5.82 Å². The minimum Gasteiger partial charge on any atom is -0.480 e. The van der Waals surface area contributed by atoms with Gasteiger partial charge >= 0.3 is 5.97 Å². The molecule has 1 aromatic carbocycles. The molecule has 106 valence electrons. The van der Waals surface area contributed by atoms with Crippen LogP contribution in [-0.4, -0.2) is 29.4 Å². The van der Waals surface area contributed by atoms with Crippen LogP contribution in [0.3, 0.4) is 0 Å². The number of halogens is 1. The summed E-state index contributed by atoms with van der Waals surface area (Å²) in [4.78, 5) is 33.1. The first-order chi connectivity index (χ1) is 9.38. The summed E-state index contributed by atoms with van der Waals surface area (Å²) in [5.41, 5.74) is 0.367. The van der Waals surface area contributed by atoms with Gasteiger partial charge in [0.2, 0.25) is 5.91 Å². The van der Waals surface area contributed by atoms with Crippen LogP contribution in [0.5, 0.6) is 0 Å². The fraction of sp³-hybridized carbons (Fsp3) is 0.154. The Morgan fingerprint density at radius 3 is 2.35 bits per heavy atom. The molecule has 1 aromatic rings. The molecule has 0 radical (unpaired) electrons. The maximum absolute atomic E-state index is 12.8. The van der Waals surface area contributed by atoms with Crippen LogP contribution >= 0.6 is 0 Å². The quantitative estimate of drug-likeness (QED) is 0.684. The lowest BCUT2D eigenvalue weighted by Crippen LogP contribution is -2.36. The van der Waals surface area contributed by atoms with Gasteiger partial charge in [-0.2, -0.15) is 0 Å². The van der Waals surface area contributed by atoms with E-state index in [1.807, 2.05) is 0 Å². The van der Waals surface area contributed by atoms with Crippen molar-refractivity contribution in [3.63, 3.8) is 0 Å². The molecule has 0 atom stereocenters. The van der Waals surface area contributed by atoms with Crippen LogP contribution in [0.15, 0.2) is 30.0 Å². The fourth-order valence-electron chi connectivity index (χ4n) is 1.32.